The standard InChI is InChI=1S/C22H26Cl2N2O2/c1-15(2)13-25-22(28)16(3)26(14-17-7-6-9-19(23)11-17)21(27)12-18-8-4-5-10-20(18)24/h4-11,15-16H,12-14H2,1-3H3,(H,25,28). The first-order valence-corrected chi connectivity index (χ1v) is 10.1. The lowest BCUT2D eigenvalue weighted by Crippen LogP contribution is -2.48. The molecule has 0 saturated heterocycles. The molecule has 0 aliphatic rings. The molecule has 1 atom stereocenters. The Morgan fingerprint density at radius 2 is 1.75 bits per heavy atom. The van der Waals surface area contributed by atoms with Gasteiger partial charge in [-0.15, -0.1) is 0 Å². The van der Waals surface area contributed by atoms with Crippen LogP contribution in [0, 0.1) is 5.92 Å². The Morgan fingerprint density at radius 3 is 2.39 bits per heavy atom. The number of carbonyl (C=O) groups is 2. The predicted octanol–water partition coefficient (Wildman–Crippen LogP) is 4.73. The molecule has 28 heavy (non-hydrogen) atoms. The summed E-state index contributed by atoms with van der Waals surface area (Å²) in [7, 11) is 0. The second-order valence-corrected chi connectivity index (χ2v) is 8.08. The van der Waals surface area contributed by atoms with E-state index in [1.54, 1.807) is 30.0 Å². The van der Waals surface area contributed by atoms with E-state index in [0.29, 0.717) is 29.1 Å². The zero-order chi connectivity index (χ0) is 20.7. The zero-order valence-corrected chi connectivity index (χ0v) is 17.9. The second kappa shape index (κ2) is 10.5. The molecule has 2 rings (SSSR count). The highest BCUT2D eigenvalue weighted by atomic mass is 35.5. The van der Waals surface area contributed by atoms with E-state index in [1.165, 1.54) is 0 Å². The van der Waals surface area contributed by atoms with Crippen molar-refractivity contribution in [2.24, 2.45) is 5.92 Å². The van der Waals surface area contributed by atoms with E-state index in [2.05, 4.69) is 5.32 Å². The molecule has 6 heteroatoms. The van der Waals surface area contributed by atoms with Crippen molar-refractivity contribution in [1.82, 2.24) is 10.2 Å². The van der Waals surface area contributed by atoms with Crippen molar-refractivity contribution in [2.75, 3.05) is 6.54 Å². The van der Waals surface area contributed by atoms with Gasteiger partial charge in [0.2, 0.25) is 11.8 Å². The second-order valence-electron chi connectivity index (χ2n) is 7.23. The summed E-state index contributed by atoms with van der Waals surface area (Å²) in [6, 6.07) is 13.9. The van der Waals surface area contributed by atoms with Gasteiger partial charge in [0.1, 0.15) is 6.04 Å². The van der Waals surface area contributed by atoms with E-state index in [1.807, 2.05) is 44.2 Å². The lowest BCUT2D eigenvalue weighted by Gasteiger charge is -2.29. The minimum atomic E-state index is -0.618. The molecule has 0 aliphatic heterocycles. The fourth-order valence-corrected chi connectivity index (χ4v) is 3.19. The number of nitrogens with one attached hydrogen (secondary N) is 1. The van der Waals surface area contributed by atoms with Gasteiger partial charge in [-0.1, -0.05) is 67.4 Å². The first kappa shape index (κ1) is 22.3. The van der Waals surface area contributed by atoms with E-state index < -0.39 is 6.04 Å². The van der Waals surface area contributed by atoms with Crippen LogP contribution in [0.1, 0.15) is 31.9 Å². The van der Waals surface area contributed by atoms with Crippen molar-refractivity contribution in [3.63, 3.8) is 0 Å². The van der Waals surface area contributed by atoms with Crippen molar-refractivity contribution < 1.29 is 9.59 Å². The maximum atomic E-state index is 13.1. The van der Waals surface area contributed by atoms with E-state index in [9.17, 15) is 9.59 Å². The summed E-state index contributed by atoms with van der Waals surface area (Å²) in [6.07, 6.45) is 0.127. The molecule has 150 valence electrons. The fourth-order valence-electron chi connectivity index (χ4n) is 2.77. The number of hydrogen-bond acceptors (Lipinski definition) is 2. The number of halogens is 2. The van der Waals surface area contributed by atoms with Gasteiger partial charge in [0.05, 0.1) is 6.42 Å². The number of rotatable bonds is 8. The number of nitrogens with zero attached hydrogens (tertiary/aromatic N) is 1. The summed E-state index contributed by atoms with van der Waals surface area (Å²) < 4.78 is 0. The summed E-state index contributed by atoms with van der Waals surface area (Å²) in [6.45, 7) is 6.65. The van der Waals surface area contributed by atoms with E-state index in [4.69, 9.17) is 23.2 Å². The van der Waals surface area contributed by atoms with Gasteiger partial charge >= 0.3 is 0 Å². The third-order valence-corrected chi connectivity index (χ3v) is 5.00. The minimum Gasteiger partial charge on any atom is -0.354 e. The van der Waals surface area contributed by atoms with Crippen molar-refractivity contribution in [1.29, 1.82) is 0 Å². The van der Waals surface area contributed by atoms with Crippen LogP contribution in [0.4, 0.5) is 0 Å². The Labute approximate surface area is 176 Å². The normalized spacial score (nSPS) is 11.9. The quantitative estimate of drug-likeness (QED) is 0.670. The van der Waals surface area contributed by atoms with Crippen LogP contribution in [0.3, 0.4) is 0 Å². The third kappa shape index (κ3) is 6.54. The SMILES string of the molecule is CC(C)CNC(=O)C(C)N(Cc1cccc(Cl)c1)C(=O)Cc1ccccc1Cl. The molecular weight excluding hydrogens is 395 g/mol. The van der Waals surface area contributed by atoms with Gasteiger partial charge in [-0.25, -0.2) is 0 Å². The van der Waals surface area contributed by atoms with Gasteiger partial charge in [-0.2, -0.15) is 0 Å². The minimum absolute atomic E-state index is 0.127. The van der Waals surface area contributed by atoms with E-state index in [-0.39, 0.29) is 18.2 Å². The van der Waals surface area contributed by atoms with Gasteiger partial charge in [0.15, 0.2) is 0 Å². The Kier molecular flexibility index (Phi) is 8.34. The monoisotopic (exact) mass is 420 g/mol. The molecule has 0 fully saturated rings. The summed E-state index contributed by atoms with van der Waals surface area (Å²) >= 11 is 12.3. The molecule has 2 aromatic carbocycles. The number of hydrogen-bond donors (Lipinski definition) is 1. The molecule has 0 aliphatic carbocycles. The number of carbonyl (C=O) groups excluding carboxylic acids is 2. The lowest BCUT2D eigenvalue weighted by atomic mass is 10.1. The highest BCUT2D eigenvalue weighted by molar-refractivity contribution is 6.31. The molecule has 1 unspecified atom stereocenters. The molecule has 4 nitrogen and oxygen atoms in total. The van der Waals surface area contributed by atoms with Gasteiger partial charge in [-0.3, -0.25) is 9.59 Å². The first-order valence-electron chi connectivity index (χ1n) is 9.33. The summed E-state index contributed by atoms with van der Waals surface area (Å²) in [5.74, 6) is -0.0140. The van der Waals surface area contributed by atoms with Crippen molar-refractivity contribution in [3.8, 4) is 0 Å². The Balaban J connectivity index is 2.22. The van der Waals surface area contributed by atoms with Crippen molar-refractivity contribution in [3.05, 3.63) is 69.7 Å². The van der Waals surface area contributed by atoms with Crippen molar-refractivity contribution in [2.45, 2.75) is 39.8 Å². The molecule has 0 saturated carbocycles. The van der Waals surface area contributed by atoms with Crippen LogP contribution in [-0.2, 0) is 22.6 Å². The molecule has 0 bridgehead atoms. The largest absolute Gasteiger partial charge is 0.354 e. The van der Waals surface area contributed by atoms with Gasteiger partial charge in [-0.05, 0) is 42.2 Å². The highest BCUT2D eigenvalue weighted by Crippen LogP contribution is 2.19. The molecule has 2 aromatic rings. The van der Waals surface area contributed by atoms with Crippen molar-refractivity contribution >= 4 is 35.0 Å². The molecule has 0 radical (unpaired) electrons. The van der Waals surface area contributed by atoms with E-state index in [0.717, 1.165) is 11.1 Å². The van der Waals surface area contributed by atoms with Gasteiger partial charge < -0.3 is 10.2 Å². The molecule has 0 aromatic heterocycles. The zero-order valence-electron chi connectivity index (χ0n) is 16.4. The number of amides is 2. The Morgan fingerprint density at radius 1 is 1.04 bits per heavy atom. The van der Waals surface area contributed by atoms with Crippen LogP contribution in [-0.4, -0.2) is 29.3 Å². The highest BCUT2D eigenvalue weighted by Gasteiger charge is 2.26. The van der Waals surface area contributed by atoms with Crippen LogP contribution >= 0.6 is 23.2 Å². The Bertz CT molecular complexity index is 824. The van der Waals surface area contributed by atoms with Crippen LogP contribution in [0.15, 0.2) is 48.5 Å². The molecular formula is C22H26Cl2N2O2. The summed E-state index contributed by atoms with van der Waals surface area (Å²) in [5, 5.41) is 4.03. The summed E-state index contributed by atoms with van der Waals surface area (Å²) in [5.41, 5.74) is 1.60. The maximum Gasteiger partial charge on any atom is 0.242 e. The Hall–Kier alpha value is -2.04. The summed E-state index contributed by atoms with van der Waals surface area (Å²) in [4.78, 5) is 27.3. The fraction of sp³-hybridized carbons (Fsp3) is 0.364. The molecule has 1 N–H and O–H groups in total. The smallest absolute Gasteiger partial charge is 0.242 e. The molecule has 0 spiro atoms. The topological polar surface area (TPSA) is 49.4 Å². The van der Waals surface area contributed by atoms with Crippen LogP contribution in [0.5, 0.6) is 0 Å². The lowest BCUT2D eigenvalue weighted by molar-refractivity contribution is -0.140. The van der Waals surface area contributed by atoms with Crippen LogP contribution in [0.25, 0.3) is 0 Å². The predicted molar refractivity (Wildman–Crippen MR) is 114 cm³/mol. The van der Waals surface area contributed by atoms with Gasteiger partial charge in [0.25, 0.3) is 0 Å². The first-order chi connectivity index (χ1) is 13.3. The average molecular weight is 421 g/mol. The van der Waals surface area contributed by atoms with Gasteiger partial charge in [0, 0.05) is 23.1 Å². The number of benzene rings is 2. The third-order valence-electron chi connectivity index (χ3n) is 4.39. The van der Waals surface area contributed by atoms with Crippen LogP contribution in [0.2, 0.25) is 10.0 Å². The molecule has 2 amide bonds. The maximum absolute atomic E-state index is 13.1. The van der Waals surface area contributed by atoms with E-state index >= 15 is 0 Å². The van der Waals surface area contributed by atoms with Crippen LogP contribution < -0.4 is 5.32 Å². The average Bonchev–Trinajstić information content (AvgIpc) is 2.65. The molecule has 0 heterocycles.